The molecule has 5 unspecified atom stereocenters. The third kappa shape index (κ3) is 23.9. The minimum absolute atomic E-state index is 0.0856. The van der Waals surface area contributed by atoms with Crippen molar-refractivity contribution in [1.82, 2.24) is 14.7 Å². The van der Waals surface area contributed by atoms with Gasteiger partial charge in [-0.25, -0.2) is 0 Å². The van der Waals surface area contributed by atoms with Crippen LogP contribution in [0.3, 0.4) is 0 Å². The lowest BCUT2D eigenvalue weighted by molar-refractivity contribution is 0.0376. The van der Waals surface area contributed by atoms with E-state index in [4.69, 9.17) is 22.9 Å². The molecule has 0 aliphatic heterocycles. The first-order chi connectivity index (χ1) is 18.9. The summed E-state index contributed by atoms with van der Waals surface area (Å²) in [5, 5.41) is 52.0. The van der Waals surface area contributed by atoms with E-state index in [1.807, 2.05) is 60.4 Å². The Morgan fingerprint density at radius 1 is 0.524 bits per heavy atom. The lowest BCUT2D eigenvalue weighted by atomic mass is 9.91. The molecule has 0 aromatic heterocycles. The molecule has 0 aliphatic rings. The summed E-state index contributed by atoms with van der Waals surface area (Å²) in [7, 11) is 1.96. The Hall–Kier alpha value is -0.480. The van der Waals surface area contributed by atoms with Gasteiger partial charge in [0.1, 0.15) is 0 Å². The molecule has 0 amide bonds. The number of nitrogens with zero attached hydrogens (tertiary/aromatic N) is 3. The van der Waals surface area contributed by atoms with Crippen molar-refractivity contribution in [2.24, 2.45) is 22.9 Å². The lowest BCUT2D eigenvalue weighted by Gasteiger charge is -2.35. The number of hydrogen-bond acceptors (Lipinski definition) is 12. The first-order valence-electron chi connectivity index (χ1n) is 15.5. The summed E-state index contributed by atoms with van der Waals surface area (Å²) < 4.78 is 0. The van der Waals surface area contributed by atoms with Gasteiger partial charge in [-0.3, -0.25) is 9.80 Å². The smallest absolute Gasteiger partial charge is 0.0684 e. The van der Waals surface area contributed by atoms with Crippen LogP contribution in [0, 0.1) is 0 Å². The number of aliphatic hydroxyl groups is 5. The standard InChI is InChI=1S/C30H69N7O5/c1-27(2,31)15-23(39)19-35(8)11-12-36(20-24(40)16-28(3,4)32)10-9-30(7,34)18-26(42)22-37(13-14-38)21-25(41)17-29(5,6)33/h23-26,38-42H,9-22,31-34H2,1-8H3. The lowest BCUT2D eigenvalue weighted by Crippen LogP contribution is -2.49. The Morgan fingerprint density at radius 3 is 1.31 bits per heavy atom. The van der Waals surface area contributed by atoms with Crippen molar-refractivity contribution < 1.29 is 25.5 Å². The summed E-state index contributed by atoms with van der Waals surface area (Å²) >= 11 is 0. The van der Waals surface area contributed by atoms with Crippen LogP contribution in [0.25, 0.3) is 0 Å². The zero-order valence-corrected chi connectivity index (χ0v) is 28.1. The van der Waals surface area contributed by atoms with Gasteiger partial charge in [0, 0.05) is 74.5 Å². The Morgan fingerprint density at radius 2 is 0.905 bits per heavy atom. The van der Waals surface area contributed by atoms with Crippen LogP contribution >= 0.6 is 0 Å². The van der Waals surface area contributed by atoms with E-state index in [1.54, 1.807) is 0 Å². The van der Waals surface area contributed by atoms with Gasteiger partial charge in [0.2, 0.25) is 0 Å². The monoisotopic (exact) mass is 608 g/mol. The Bertz CT molecular complexity index is 710. The van der Waals surface area contributed by atoms with Gasteiger partial charge in [0.25, 0.3) is 0 Å². The molecule has 0 saturated heterocycles. The highest BCUT2D eigenvalue weighted by Gasteiger charge is 2.28. The Kier molecular flexibility index (Phi) is 18.3. The van der Waals surface area contributed by atoms with E-state index in [0.717, 1.165) is 0 Å². The van der Waals surface area contributed by atoms with Crippen LogP contribution in [0.5, 0.6) is 0 Å². The molecule has 0 aliphatic carbocycles. The summed E-state index contributed by atoms with van der Waals surface area (Å²) in [5.41, 5.74) is 22.7. The topological polar surface area (TPSA) is 215 Å². The molecule has 0 radical (unpaired) electrons. The van der Waals surface area contributed by atoms with Crippen LogP contribution in [-0.2, 0) is 0 Å². The molecule has 42 heavy (non-hydrogen) atoms. The second kappa shape index (κ2) is 18.5. The maximum absolute atomic E-state index is 10.9. The molecule has 0 fully saturated rings. The molecule has 0 aromatic rings. The van der Waals surface area contributed by atoms with Gasteiger partial charge < -0.3 is 53.4 Å². The SMILES string of the molecule is CN(CCN(CCC(C)(N)CC(O)CN(CCO)CC(O)CC(C)(C)N)CC(O)CC(C)(C)N)CC(O)CC(C)(C)N. The molecular weight excluding hydrogens is 538 g/mol. The van der Waals surface area contributed by atoms with Gasteiger partial charge in [0.15, 0.2) is 0 Å². The molecule has 254 valence electrons. The zero-order chi connectivity index (χ0) is 32.9. The molecular formula is C30H69N7O5. The van der Waals surface area contributed by atoms with Crippen molar-refractivity contribution in [3.05, 3.63) is 0 Å². The van der Waals surface area contributed by atoms with Crippen molar-refractivity contribution in [2.45, 2.75) is 127 Å². The minimum Gasteiger partial charge on any atom is -0.395 e. The van der Waals surface area contributed by atoms with Crippen molar-refractivity contribution in [3.8, 4) is 0 Å². The zero-order valence-electron chi connectivity index (χ0n) is 28.1. The summed E-state index contributed by atoms with van der Waals surface area (Å²) in [5.74, 6) is 0. The van der Waals surface area contributed by atoms with E-state index < -0.39 is 46.6 Å². The summed E-state index contributed by atoms with van der Waals surface area (Å²) in [6.07, 6.45) is -0.286. The van der Waals surface area contributed by atoms with Gasteiger partial charge in [-0.05, 0) is 87.6 Å². The average molecular weight is 608 g/mol. The molecule has 0 rings (SSSR count). The van der Waals surface area contributed by atoms with Gasteiger partial charge in [0.05, 0.1) is 31.0 Å². The molecule has 0 spiro atoms. The van der Waals surface area contributed by atoms with E-state index in [9.17, 15) is 25.5 Å². The van der Waals surface area contributed by atoms with Crippen LogP contribution in [0.4, 0.5) is 0 Å². The van der Waals surface area contributed by atoms with Crippen LogP contribution < -0.4 is 22.9 Å². The Labute approximate surface area is 256 Å². The van der Waals surface area contributed by atoms with Crippen molar-refractivity contribution in [1.29, 1.82) is 0 Å². The third-order valence-electron chi connectivity index (χ3n) is 7.13. The largest absolute Gasteiger partial charge is 0.395 e. The van der Waals surface area contributed by atoms with E-state index in [-0.39, 0.29) is 13.2 Å². The molecule has 5 atom stereocenters. The van der Waals surface area contributed by atoms with E-state index in [0.29, 0.717) is 77.9 Å². The highest BCUT2D eigenvalue weighted by Crippen LogP contribution is 2.18. The quantitative estimate of drug-likeness (QED) is 0.0635. The molecule has 0 bridgehead atoms. The van der Waals surface area contributed by atoms with E-state index in [1.165, 1.54) is 0 Å². The molecule has 12 heteroatoms. The average Bonchev–Trinajstić information content (AvgIpc) is 2.71. The normalized spacial score (nSPS) is 18.0. The van der Waals surface area contributed by atoms with Crippen molar-refractivity contribution in [3.63, 3.8) is 0 Å². The number of aliphatic hydroxyl groups excluding tert-OH is 5. The second-order valence-electron chi connectivity index (χ2n) is 15.3. The van der Waals surface area contributed by atoms with E-state index >= 15 is 0 Å². The minimum atomic E-state index is -0.749. The van der Waals surface area contributed by atoms with Crippen molar-refractivity contribution >= 4 is 0 Å². The van der Waals surface area contributed by atoms with Gasteiger partial charge >= 0.3 is 0 Å². The first-order valence-corrected chi connectivity index (χ1v) is 15.5. The van der Waals surface area contributed by atoms with Crippen molar-refractivity contribution in [2.75, 3.05) is 66.0 Å². The summed E-state index contributed by atoms with van der Waals surface area (Å²) in [6.45, 7) is 16.9. The fraction of sp³-hybridized carbons (Fsp3) is 1.00. The summed E-state index contributed by atoms with van der Waals surface area (Å²) in [6, 6.07) is 0. The van der Waals surface area contributed by atoms with Gasteiger partial charge in [-0.2, -0.15) is 0 Å². The predicted octanol–water partition coefficient (Wildman–Crippen LogP) is -1.16. The van der Waals surface area contributed by atoms with E-state index in [2.05, 4.69) is 9.80 Å². The number of nitrogens with two attached hydrogens (primary N) is 4. The first kappa shape index (κ1) is 41.5. The van der Waals surface area contributed by atoms with Gasteiger partial charge in [-0.15, -0.1) is 0 Å². The fourth-order valence-corrected chi connectivity index (χ4v) is 5.48. The molecule has 12 nitrogen and oxygen atoms in total. The molecule has 13 N–H and O–H groups in total. The van der Waals surface area contributed by atoms with Crippen LogP contribution in [0.15, 0.2) is 0 Å². The highest BCUT2D eigenvalue weighted by atomic mass is 16.3. The van der Waals surface area contributed by atoms with Crippen LogP contribution in [0.2, 0.25) is 0 Å². The van der Waals surface area contributed by atoms with Crippen LogP contribution in [-0.4, -0.2) is 153 Å². The number of hydrogen-bond donors (Lipinski definition) is 9. The molecule has 0 saturated carbocycles. The Balaban J connectivity index is 5.17. The summed E-state index contributed by atoms with van der Waals surface area (Å²) in [4.78, 5) is 6.06. The maximum atomic E-state index is 10.9. The highest BCUT2D eigenvalue weighted by molar-refractivity contribution is 4.87. The molecule has 0 aromatic carbocycles. The fourth-order valence-electron chi connectivity index (χ4n) is 5.48. The van der Waals surface area contributed by atoms with Crippen LogP contribution in [0.1, 0.15) is 80.6 Å². The second-order valence-corrected chi connectivity index (χ2v) is 15.3. The maximum Gasteiger partial charge on any atom is 0.0684 e. The predicted molar refractivity (Wildman–Crippen MR) is 172 cm³/mol. The van der Waals surface area contributed by atoms with Gasteiger partial charge in [-0.1, -0.05) is 0 Å². The molecule has 0 heterocycles. The third-order valence-corrected chi connectivity index (χ3v) is 7.13. The number of likely N-dealkylation sites (N-methyl/N-ethyl adjacent to an activating group) is 1. The number of rotatable bonds is 24.